The highest BCUT2D eigenvalue weighted by molar-refractivity contribution is 14.0. The second-order valence-corrected chi connectivity index (χ2v) is 6.49. The van der Waals surface area contributed by atoms with Crippen molar-refractivity contribution in [3.63, 3.8) is 0 Å². The normalized spacial score (nSPS) is 19.6. The highest BCUT2D eigenvalue weighted by atomic mass is 127. The van der Waals surface area contributed by atoms with Crippen LogP contribution in [0.1, 0.15) is 30.9 Å². The molecule has 0 radical (unpaired) electrons. The molecule has 21 heavy (non-hydrogen) atoms. The monoisotopic (exact) mass is 422 g/mol. The van der Waals surface area contributed by atoms with Crippen LogP contribution in [-0.4, -0.2) is 50.2 Å². The fraction of sp³-hybridized carbons (Fsp3) is 0.769. The highest BCUT2D eigenvalue weighted by Crippen LogP contribution is 2.15. The van der Waals surface area contributed by atoms with Crippen LogP contribution in [0.25, 0.3) is 0 Å². The van der Waals surface area contributed by atoms with E-state index in [-0.39, 0.29) is 24.0 Å². The predicted octanol–water partition coefficient (Wildman–Crippen LogP) is 1.49. The van der Waals surface area contributed by atoms with Crippen LogP contribution >= 0.6 is 35.7 Å². The number of fused-ring (bicyclic) bond motifs is 1. The lowest BCUT2D eigenvalue weighted by atomic mass is 10.2. The third-order valence-electron chi connectivity index (χ3n) is 3.90. The summed E-state index contributed by atoms with van der Waals surface area (Å²) in [6, 6.07) is 0. The van der Waals surface area contributed by atoms with Crippen molar-refractivity contribution in [2.75, 3.05) is 24.6 Å². The average Bonchev–Trinajstić information content (AvgIpc) is 2.72. The zero-order valence-electron chi connectivity index (χ0n) is 12.2. The van der Waals surface area contributed by atoms with Crippen molar-refractivity contribution < 1.29 is 0 Å². The van der Waals surface area contributed by atoms with Gasteiger partial charge in [0.05, 0.1) is 0 Å². The summed E-state index contributed by atoms with van der Waals surface area (Å²) >= 11 is 1.97. The van der Waals surface area contributed by atoms with Gasteiger partial charge >= 0.3 is 0 Å². The van der Waals surface area contributed by atoms with E-state index in [1.165, 1.54) is 19.3 Å². The Balaban J connectivity index is 0.00000161. The minimum absolute atomic E-state index is 0. The summed E-state index contributed by atoms with van der Waals surface area (Å²) < 4.78 is 2.23. The summed E-state index contributed by atoms with van der Waals surface area (Å²) in [5.74, 6) is 4.99. The smallest absolute Gasteiger partial charge is 0.191 e. The number of nitrogens with two attached hydrogens (primary N) is 1. The minimum Gasteiger partial charge on any atom is -0.370 e. The van der Waals surface area contributed by atoms with Gasteiger partial charge < -0.3 is 15.2 Å². The fourth-order valence-corrected chi connectivity index (χ4v) is 3.61. The largest absolute Gasteiger partial charge is 0.370 e. The number of aryl methyl sites for hydroxylation is 1. The van der Waals surface area contributed by atoms with Crippen LogP contribution < -0.4 is 5.73 Å². The number of hydrogen-bond acceptors (Lipinski definition) is 4. The quantitative estimate of drug-likeness (QED) is 0.444. The molecular weight excluding hydrogens is 399 g/mol. The van der Waals surface area contributed by atoms with E-state index < -0.39 is 0 Å². The van der Waals surface area contributed by atoms with Gasteiger partial charge in [0, 0.05) is 37.6 Å². The molecule has 0 bridgehead atoms. The highest BCUT2D eigenvalue weighted by Gasteiger charge is 2.15. The van der Waals surface area contributed by atoms with Crippen LogP contribution in [0.2, 0.25) is 0 Å². The van der Waals surface area contributed by atoms with Gasteiger partial charge in [-0.05, 0) is 12.8 Å². The molecule has 0 amide bonds. The summed E-state index contributed by atoms with van der Waals surface area (Å²) in [7, 11) is 0. The SMILES string of the molecule is I.NC(=NCc1nnc2n1CCCCC2)N1CCSCC1. The van der Waals surface area contributed by atoms with Crippen molar-refractivity contribution in [3.05, 3.63) is 11.6 Å². The molecule has 0 saturated carbocycles. The molecule has 8 heteroatoms. The standard InChI is InChI=1S/C13H22N6S.HI/c14-13(18-6-8-20-9-7-18)15-10-12-17-16-11-4-2-1-3-5-19(11)12;/h1-10H2,(H2,14,15);1H. The van der Waals surface area contributed by atoms with Crippen LogP contribution in [0.15, 0.2) is 4.99 Å². The summed E-state index contributed by atoms with van der Waals surface area (Å²) in [5, 5.41) is 8.58. The molecule has 1 saturated heterocycles. The molecule has 3 heterocycles. The number of guanidine groups is 1. The van der Waals surface area contributed by atoms with Crippen molar-refractivity contribution in [1.29, 1.82) is 0 Å². The lowest BCUT2D eigenvalue weighted by Crippen LogP contribution is -2.42. The number of hydrogen-bond donors (Lipinski definition) is 1. The van der Waals surface area contributed by atoms with Gasteiger partial charge in [-0.2, -0.15) is 11.8 Å². The Hall–Kier alpha value is -0.510. The molecule has 2 N–H and O–H groups in total. The zero-order chi connectivity index (χ0) is 13.8. The number of thioether (sulfide) groups is 1. The predicted molar refractivity (Wildman–Crippen MR) is 97.2 cm³/mol. The molecule has 3 rings (SSSR count). The maximum absolute atomic E-state index is 6.08. The molecular formula is C13H23IN6S. The van der Waals surface area contributed by atoms with E-state index in [1.807, 2.05) is 11.8 Å². The van der Waals surface area contributed by atoms with Crippen LogP contribution in [0.3, 0.4) is 0 Å². The molecule has 2 aliphatic rings. The summed E-state index contributed by atoms with van der Waals surface area (Å²) in [4.78, 5) is 6.68. The molecule has 1 aromatic rings. The van der Waals surface area contributed by atoms with E-state index >= 15 is 0 Å². The molecule has 0 spiro atoms. The molecule has 0 aliphatic carbocycles. The van der Waals surface area contributed by atoms with Crippen molar-refractivity contribution in [2.24, 2.45) is 10.7 Å². The van der Waals surface area contributed by atoms with Gasteiger partial charge in [-0.25, -0.2) is 4.99 Å². The van der Waals surface area contributed by atoms with Crippen LogP contribution in [0, 0.1) is 0 Å². The van der Waals surface area contributed by atoms with Crippen molar-refractivity contribution in [3.8, 4) is 0 Å². The summed E-state index contributed by atoms with van der Waals surface area (Å²) in [6.07, 6.45) is 4.74. The molecule has 0 atom stereocenters. The van der Waals surface area contributed by atoms with Crippen LogP contribution in [0.4, 0.5) is 0 Å². The number of rotatable bonds is 2. The lowest BCUT2D eigenvalue weighted by molar-refractivity contribution is 0.455. The molecule has 6 nitrogen and oxygen atoms in total. The molecule has 0 unspecified atom stereocenters. The molecule has 2 aliphatic heterocycles. The van der Waals surface area contributed by atoms with Gasteiger partial charge in [0.25, 0.3) is 0 Å². The Morgan fingerprint density at radius 2 is 1.95 bits per heavy atom. The second kappa shape index (κ2) is 8.21. The molecule has 0 aromatic carbocycles. The Morgan fingerprint density at radius 3 is 2.76 bits per heavy atom. The van der Waals surface area contributed by atoms with Gasteiger partial charge in [0.1, 0.15) is 12.4 Å². The average molecular weight is 422 g/mol. The Bertz CT molecular complexity index is 483. The Kier molecular flexibility index (Phi) is 6.59. The topological polar surface area (TPSA) is 72.3 Å². The first kappa shape index (κ1) is 16.9. The molecule has 118 valence electrons. The van der Waals surface area contributed by atoms with E-state index in [0.717, 1.165) is 49.2 Å². The first-order chi connectivity index (χ1) is 9.84. The summed E-state index contributed by atoms with van der Waals surface area (Å²) in [6.45, 7) is 3.56. The number of halogens is 1. The van der Waals surface area contributed by atoms with Gasteiger partial charge in [-0.1, -0.05) is 6.42 Å². The lowest BCUT2D eigenvalue weighted by Gasteiger charge is -2.27. The van der Waals surface area contributed by atoms with E-state index in [2.05, 4.69) is 24.7 Å². The van der Waals surface area contributed by atoms with Crippen LogP contribution in [0.5, 0.6) is 0 Å². The van der Waals surface area contributed by atoms with E-state index in [4.69, 9.17) is 5.73 Å². The van der Waals surface area contributed by atoms with Gasteiger partial charge in [0.2, 0.25) is 0 Å². The second-order valence-electron chi connectivity index (χ2n) is 5.27. The van der Waals surface area contributed by atoms with Gasteiger partial charge in [-0.3, -0.25) is 0 Å². The third-order valence-corrected chi connectivity index (χ3v) is 4.85. The van der Waals surface area contributed by atoms with E-state index in [1.54, 1.807) is 0 Å². The Labute approximate surface area is 147 Å². The maximum Gasteiger partial charge on any atom is 0.191 e. The first-order valence-electron chi connectivity index (χ1n) is 7.38. The zero-order valence-corrected chi connectivity index (χ0v) is 15.3. The maximum atomic E-state index is 6.08. The third kappa shape index (κ3) is 4.24. The van der Waals surface area contributed by atoms with Crippen molar-refractivity contribution in [1.82, 2.24) is 19.7 Å². The first-order valence-corrected chi connectivity index (χ1v) is 8.53. The number of aromatic nitrogens is 3. The number of nitrogens with zero attached hydrogens (tertiary/aromatic N) is 5. The summed E-state index contributed by atoms with van der Waals surface area (Å²) in [5.41, 5.74) is 6.08. The van der Waals surface area contributed by atoms with Gasteiger partial charge in [0.15, 0.2) is 11.8 Å². The van der Waals surface area contributed by atoms with Crippen LogP contribution in [-0.2, 0) is 19.5 Å². The minimum atomic E-state index is 0. The Morgan fingerprint density at radius 1 is 1.14 bits per heavy atom. The van der Waals surface area contributed by atoms with E-state index in [0.29, 0.717) is 12.5 Å². The fourth-order valence-electron chi connectivity index (χ4n) is 2.71. The van der Waals surface area contributed by atoms with E-state index in [9.17, 15) is 0 Å². The number of aliphatic imine (C=N–C) groups is 1. The van der Waals surface area contributed by atoms with Gasteiger partial charge in [-0.15, -0.1) is 34.2 Å². The van der Waals surface area contributed by atoms with Crippen molar-refractivity contribution in [2.45, 2.75) is 38.8 Å². The molecule has 1 aromatic heterocycles. The molecule has 1 fully saturated rings. The van der Waals surface area contributed by atoms with Crippen molar-refractivity contribution >= 4 is 41.7 Å².